The van der Waals surface area contributed by atoms with Gasteiger partial charge in [-0.1, -0.05) is 23.7 Å². The highest BCUT2D eigenvalue weighted by Crippen LogP contribution is 2.28. The van der Waals surface area contributed by atoms with Gasteiger partial charge < -0.3 is 15.2 Å². The topological polar surface area (TPSA) is 41.5 Å². The number of aliphatic hydroxyl groups is 1. The van der Waals surface area contributed by atoms with Gasteiger partial charge in [0.25, 0.3) is 0 Å². The molecule has 0 aliphatic carbocycles. The Labute approximate surface area is 149 Å². The van der Waals surface area contributed by atoms with E-state index in [1.54, 1.807) is 12.1 Å². The van der Waals surface area contributed by atoms with Crippen LogP contribution < -0.4 is 10.1 Å². The maximum Gasteiger partial charge on any atom is 0.127 e. The van der Waals surface area contributed by atoms with Crippen molar-refractivity contribution in [2.45, 2.75) is 45.3 Å². The van der Waals surface area contributed by atoms with Crippen LogP contribution in [0.1, 0.15) is 39.7 Å². The minimum atomic E-state index is -0.878. The summed E-state index contributed by atoms with van der Waals surface area (Å²) in [5.74, 6) is 1.46. The molecule has 1 atom stereocenters. The SMILES string of the molecule is CC(C)(C)NCCC(C)(O)c1ccc(Oc2ccc(Cl)cc2)cc1. The van der Waals surface area contributed by atoms with Crippen LogP contribution in [0.2, 0.25) is 5.02 Å². The summed E-state index contributed by atoms with van der Waals surface area (Å²) < 4.78 is 5.77. The van der Waals surface area contributed by atoms with Crippen molar-refractivity contribution in [3.8, 4) is 11.5 Å². The average Bonchev–Trinajstić information content (AvgIpc) is 2.49. The summed E-state index contributed by atoms with van der Waals surface area (Å²) in [7, 11) is 0. The predicted molar refractivity (Wildman–Crippen MR) is 99.9 cm³/mol. The van der Waals surface area contributed by atoms with Crippen molar-refractivity contribution in [1.29, 1.82) is 0 Å². The molecule has 0 saturated carbocycles. The largest absolute Gasteiger partial charge is 0.457 e. The molecule has 2 N–H and O–H groups in total. The summed E-state index contributed by atoms with van der Waals surface area (Å²) in [5, 5.41) is 14.8. The molecule has 0 heterocycles. The Morgan fingerprint density at radius 3 is 1.92 bits per heavy atom. The van der Waals surface area contributed by atoms with E-state index in [0.29, 0.717) is 11.4 Å². The average molecular weight is 348 g/mol. The van der Waals surface area contributed by atoms with Gasteiger partial charge in [0.15, 0.2) is 0 Å². The van der Waals surface area contributed by atoms with Crippen molar-refractivity contribution < 1.29 is 9.84 Å². The third kappa shape index (κ3) is 5.82. The Morgan fingerprint density at radius 1 is 0.917 bits per heavy atom. The van der Waals surface area contributed by atoms with E-state index in [1.807, 2.05) is 43.3 Å². The first-order chi connectivity index (χ1) is 11.2. The van der Waals surface area contributed by atoms with Crippen LogP contribution >= 0.6 is 11.6 Å². The van der Waals surface area contributed by atoms with Gasteiger partial charge in [0.2, 0.25) is 0 Å². The Balaban J connectivity index is 1.98. The van der Waals surface area contributed by atoms with Gasteiger partial charge in [-0.05, 0) is 82.6 Å². The molecule has 0 radical (unpaired) electrons. The van der Waals surface area contributed by atoms with Crippen molar-refractivity contribution in [2.24, 2.45) is 0 Å². The van der Waals surface area contributed by atoms with E-state index in [2.05, 4.69) is 26.1 Å². The molecule has 2 aromatic carbocycles. The van der Waals surface area contributed by atoms with Crippen LogP contribution in [0.25, 0.3) is 0 Å². The number of ether oxygens (including phenoxy) is 1. The zero-order valence-corrected chi connectivity index (χ0v) is 15.5. The standard InChI is InChI=1S/C20H26ClNO2/c1-19(2,3)22-14-13-20(4,23)15-5-9-17(10-6-15)24-18-11-7-16(21)8-12-18/h5-12,22-23H,13-14H2,1-4H3. The van der Waals surface area contributed by atoms with Gasteiger partial charge in [0.05, 0.1) is 5.60 Å². The van der Waals surface area contributed by atoms with Gasteiger partial charge in [-0.3, -0.25) is 0 Å². The lowest BCUT2D eigenvalue weighted by molar-refractivity contribution is 0.0463. The van der Waals surface area contributed by atoms with Gasteiger partial charge in [0, 0.05) is 10.6 Å². The third-order valence-electron chi connectivity index (χ3n) is 3.79. The third-order valence-corrected chi connectivity index (χ3v) is 4.04. The number of hydrogen-bond donors (Lipinski definition) is 2. The first-order valence-corrected chi connectivity index (χ1v) is 8.55. The van der Waals surface area contributed by atoms with Gasteiger partial charge >= 0.3 is 0 Å². The molecular weight excluding hydrogens is 322 g/mol. The Hall–Kier alpha value is -1.55. The summed E-state index contributed by atoms with van der Waals surface area (Å²) in [5.41, 5.74) is 0.0466. The van der Waals surface area contributed by atoms with Gasteiger partial charge in [-0.25, -0.2) is 0 Å². The van der Waals surface area contributed by atoms with Crippen LogP contribution in [0, 0.1) is 0 Å². The van der Waals surface area contributed by atoms with Crippen LogP contribution in [0.5, 0.6) is 11.5 Å². The summed E-state index contributed by atoms with van der Waals surface area (Å²) in [6, 6.07) is 14.8. The van der Waals surface area contributed by atoms with Crippen LogP contribution in [-0.4, -0.2) is 17.2 Å². The second kappa shape index (κ2) is 7.56. The molecule has 0 saturated heterocycles. The number of halogens is 1. The molecule has 0 aliphatic rings. The van der Waals surface area contributed by atoms with E-state index in [0.717, 1.165) is 23.6 Å². The van der Waals surface area contributed by atoms with Crippen molar-refractivity contribution >= 4 is 11.6 Å². The van der Waals surface area contributed by atoms with E-state index in [1.165, 1.54) is 0 Å². The molecule has 3 nitrogen and oxygen atoms in total. The first kappa shape index (κ1) is 18.8. The predicted octanol–water partition coefficient (Wildman–Crippen LogP) is 5.12. The highest BCUT2D eigenvalue weighted by atomic mass is 35.5. The van der Waals surface area contributed by atoms with Crippen LogP contribution in [0.15, 0.2) is 48.5 Å². The van der Waals surface area contributed by atoms with Crippen molar-refractivity contribution in [1.82, 2.24) is 5.32 Å². The number of rotatable bonds is 6. The van der Waals surface area contributed by atoms with Gasteiger partial charge in [-0.2, -0.15) is 0 Å². The van der Waals surface area contributed by atoms with Crippen molar-refractivity contribution in [3.05, 3.63) is 59.1 Å². The Kier molecular flexibility index (Phi) is 5.92. The highest BCUT2D eigenvalue weighted by molar-refractivity contribution is 6.30. The van der Waals surface area contributed by atoms with Gasteiger partial charge in [-0.15, -0.1) is 0 Å². The summed E-state index contributed by atoms with van der Waals surface area (Å²) in [6.45, 7) is 8.94. The molecule has 0 aromatic heterocycles. The summed E-state index contributed by atoms with van der Waals surface area (Å²) in [6.07, 6.45) is 0.641. The highest BCUT2D eigenvalue weighted by Gasteiger charge is 2.23. The summed E-state index contributed by atoms with van der Waals surface area (Å²) >= 11 is 5.87. The lowest BCUT2D eigenvalue weighted by Crippen LogP contribution is -2.39. The van der Waals surface area contributed by atoms with Crippen molar-refractivity contribution in [3.63, 3.8) is 0 Å². The zero-order chi connectivity index (χ0) is 17.8. The number of nitrogens with one attached hydrogen (secondary N) is 1. The van der Waals surface area contributed by atoms with E-state index in [9.17, 15) is 5.11 Å². The summed E-state index contributed by atoms with van der Waals surface area (Å²) in [4.78, 5) is 0. The molecule has 0 amide bonds. The molecule has 24 heavy (non-hydrogen) atoms. The smallest absolute Gasteiger partial charge is 0.127 e. The fourth-order valence-corrected chi connectivity index (χ4v) is 2.47. The molecule has 1 unspecified atom stereocenters. The van der Waals surface area contributed by atoms with E-state index < -0.39 is 5.60 Å². The normalized spacial score (nSPS) is 14.2. The molecular formula is C20H26ClNO2. The van der Waals surface area contributed by atoms with E-state index in [4.69, 9.17) is 16.3 Å². The zero-order valence-electron chi connectivity index (χ0n) is 14.8. The second-order valence-electron chi connectivity index (χ2n) is 7.28. The van der Waals surface area contributed by atoms with Crippen molar-refractivity contribution in [2.75, 3.05) is 6.54 Å². The minimum absolute atomic E-state index is 0.0480. The number of benzene rings is 2. The fourth-order valence-electron chi connectivity index (χ4n) is 2.35. The minimum Gasteiger partial charge on any atom is -0.457 e. The molecule has 0 fully saturated rings. The quantitative estimate of drug-likeness (QED) is 0.762. The lowest BCUT2D eigenvalue weighted by atomic mass is 9.92. The van der Waals surface area contributed by atoms with Crippen LogP contribution in [-0.2, 0) is 5.60 Å². The van der Waals surface area contributed by atoms with Crippen LogP contribution in [0.4, 0.5) is 0 Å². The Morgan fingerprint density at radius 2 is 1.42 bits per heavy atom. The second-order valence-corrected chi connectivity index (χ2v) is 7.72. The van der Waals surface area contributed by atoms with Gasteiger partial charge in [0.1, 0.15) is 11.5 Å². The Bertz CT molecular complexity index is 643. The molecule has 4 heteroatoms. The molecule has 130 valence electrons. The first-order valence-electron chi connectivity index (χ1n) is 8.17. The van der Waals surface area contributed by atoms with Crippen LogP contribution in [0.3, 0.4) is 0 Å². The number of hydrogen-bond acceptors (Lipinski definition) is 3. The molecule has 2 rings (SSSR count). The van der Waals surface area contributed by atoms with E-state index >= 15 is 0 Å². The molecule has 0 bridgehead atoms. The monoisotopic (exact) mass is 347 g/mol. The molecule has 0 aliphatic heterocycles. The molecule has 0 spiro atoms. The molecule has 2 aromatic rings. The maximum absolute atomic E-state index is 10.7. The van der Waals surface area contributed by atoms with E-state index in [-0.39, 0.29) is 5.54 Å². The maximum atomic E-state index is 10.7. The lowest BCUT2D eigenvalue weighted by Gasteiger charge is -2.27. The fraction of sp³-hybridized carbons (Fsp3) is 0.400.